The smallest absolute Gasteiger partial charge is 0.214 e. The fraction of sp³-hybridized carbons (Fsp3) is 0.435. The van der Waals surface area contributed by atoms with Gasteiger partial charge in [-0.05, 0) is 53.1 Å². The van der Waals surface area contributed by atoms with Crippen LogP contribution in [0.1, 0.15) is 60.3 Å². The second-order valence-corrected chi connectivity index (χ2v) is 8.23. The van der Waals surface area contributed by atoms with Gasteiger partial charge in [0, 0.05) is 17.5 Å². The summed E-state index contributed by atoms with van der Waals surface area (Å²) in [5.74, 6) is 1.87. The van der Waals surface area contributed by atoms with Gasteiger partial charge in [-0.1, -0.05) is 37.1 Å². The van der Waals surface area contributed by atoms with E-state index in [1.807, 2.05) is 12.1 Å². The molecule has 3 aromatic rings. The molecular formula is C23H28N5O+. The molecule has 1 saturated carbocycles. The van der Waals surface area contributed by atoms with Crippen molar-refractivity contribution < 1.29 is 9.64 Å². The predicted molar refractivity (Wildman–Crippen MR) is 110 cm³/mol. The van der Waals surface area contributed by atoms with Gasteiger partial charge in [-0.25, -0.2) is 4.68 Å². The molecule has 0 bridgehead atoms. The molecule has 5 rings (SSSR count). The van der Waals surface area contributed by atoms with Gasteiger partial charge in [-0.15, -0.1) is 5.10 Å². The van der Waals surface area contributed by atoms with E-state index in [-0.39, 0.29) is 6.04 Å². The van der Waals surface area contributed by atoms with Crippen molar-refractivity contribution in [3.8, 4) is 5.75 Å². The number of nitrogens with zero attached hydrogens (tertiary/aromatic N) is 4. The quantitative estimate of drug-likeness (QED) is 0.727. The summed E-state index contributed by atoms with van der Waals surface area (Å²) in [6.07, 6.45) is 5.96. The summed E-state index contributed by atoms with van der Waals surface area (Å²) >= 11 is 0. The summed E-state index contributed by atoms with van der Waals surface area (Å²) in [6, 6.07) is 17.8. The summed E-state index contributed by atoms with van der Waals surface area (Å²) in [4.78, 5) is 1.50. The van der Waals surface area contributed by atoms with E-state index in [0.717, 1.165) is 31.1 Å². The Morgan fingerprint density at radius 2 is 1.79 bits per heavy atom. The lowest BCUT2D eigenvalue weighted by Gasteiger charge is -2.32. The molecule has 0 amide bonds. The molecule has 0 spiro atoms. The first-order valence-corrected chi connectivity index (χ1v) is 10.7. The number of ether oxygens (including phenoxy) is 1. The molecule has 1 fully saturated rings. The maximum atomic E-state index is 5.38. The molecule has 6 nitrogen and oxygen atoms in total. The molecule has 1 aliphatic heterocycles. The topological polar surface area (TPSA) is 57.3 Å². The number of hydrogen-bond acceptors (Lipinski definition) is 4. The largest absolute Gasteiger partial charge is 0.497 e. The summed E-state index contributed by atoms with van der Waals surface area (Å²) in [5, 5.41) is 13.1. The number of rotatable bonds is 5. The van der Waals surface area contributed by atoms with Crippen LogP contribution < -0.4 is 9.64 Å². The number of fused-ring (bicyclic) bond motifs is 1. The van der Waals surface area contributed by atoms with Gasteiger partial charge in [0.05, 0.1) is 19.7 Å². The molecule has 2 aliphatic rings. The molecule has 2 aromatic carbocycles. The Kier molecular flexibility index (Phi) is 5.02. The Bertz CT molecular complexity index is 961. The normalized spacial score (nSPS) is 20.4. The molecule has 29 heavy (non-hydrogen) atoms. The minimum absolute atomic E-state index is 0.116. The number of nitrogens with one attached hydrogen (secondary N) is 1. The van der Waals surface area contributed by atoms with Gasteiger partial charge >= 0.3 is 0 Å². The molecule has 0 saturated heterocycles. The SMILES string of the molecule is COc1ccc([C@@H](c2nnnn2C2CCCC2)[NH+]2CCc3ccccc3C2)cc1. The average Bonchev–Trinajstić information content (AvgIpc) is 3.46. The number of aromatic nitrogens is 4. The van der Waals surface area contributed by atoms with Gasteiger partial charge in [-0.3, -0.25) is 0 Å². The molecule has 0 radical (unpaired) electrons. The third-order valence-corrected chi connectivity index (χ3v) is 6.56. The van der Waals surface area contributed by atoms with Crippen molar-refractivity contribution in [3.63, 3.8) is 0 Å². The van der Waals surface area contributed by atoms with E-state index in [0.29, 0.717) is 6.04 Å². The van der Waals surface area contributed by atoms with Crippen LogP contribution >= 0.6 is 0 Å². The van der Waals surface area contributed by atoms with Crippen molar-refractivity contribution >= 4 is 0 Å². The minimum Gasteiger partial charge on any atom is -0.497 e. The van der Waals surface area contributed by atoms with Crippen molar-refractivity contribution in [2.45, 2.75) is 50.7 Å². The number of quaternary nitrogens is 1. The van der Waals surface area contributed by atoms with E-state index >= 15 is 0 Å². The number of tetrazole rings is 1. The number of benzene rings is 2. The van der Waals surface area contributed by atoms with Crippen LogP contribution in [0.3, 0.4) is 0 Å². The van der Waals surface area contributed by atoms with Crippen LogP contribution in [0.15, 0.2) is 48.5 Å². The van der Waals surface area contributed by atoms with Crippen LogP contribution in [0.25, 0.3) is 0 Å². The average molecular weight is 391 g/mol. The van der Waals surface area contributed by atoms with Gasteiger partial charge in [0.2, 0.25) is 5.82 Å². The first kappa shape index (κ1) is 18.3. The van der Waals surface area contributed by atoms with Gasteiger partial charge in [0.1, 0.15) is 12.3 Å². The minimum atomic E-state index is 0.116. The van der Waals surface area contributed by atoms with Crippen molar-refractivity contribution in [2.75, 3.05) is 13.7 Å². The highest BCUT2D eigenvalue weighted by atomic mass is 16.5. The van der Waals surface area contributed by atoms with Gasteiger partial charge < -0.3 is 9.64 Å². The first-order valence-electron chi connectivity index (χ1n) is 10.7. The van der Waals surface area contributed by atoms with E-state index in [9.17, 15) is 0 Å². The Labute approximate surface area is 171 Å². The number of methoxy groups -OCH3 is 1. The third kappa shape index (κ3) is 3.53. The highest BCUT2D eigenvalue weighted by Crippen LogP contribution is 2.31. The van der Waals surface area contributed by atoms with Crippen LogP contribution in [0.5, 0.6) is 5.75 Å². The second kappa shape index (κ2) is 7.95. The number of hydrogen-bond donors (Lipinski definition) is 1. The highest BCUT2D eigenvalue weighted by Gasteiger charge is 2.36. The van der Waals surface area contributed by atoms with Crippen LogP contribution in [0.4, 0.5) is 0 Å². The maximum absolute atomic E-state index is 5.38. The second-order valence-electron chi connectivity index (χ2n) is 8.23. The fourth-order valence-electron chi connectivity index (χ4n) is 5.01. The monoisotopic (exact) mass is 390 g/mol. The summed E-state index contributed by atoms with van der Waals surface area (Å²) in [5.41, 5.74) is 4.15. The zero-order chi connectivity index (χ0) is 19.6. The Morgan fingerprint density at radius 3 is 2.55 bits per heavy atom. The predicted octanol–water partition coefficient (Wildman–Crippen LogP) is 2.53. The zero-order valence-corrected chi connectivity index (χ0v) is 16.9. The van der Waals surface area contributed by atoms with Crippen LogP contribution in [0.2, 0.25) is 0 Å². The van der Waals surface area contributed by atoms with Gasteiger partial charge in [0.15, 0.2) is 6.04 Å². The maximum Gasteiger partial charge on any atom is 0.214 e. The molecule has 1 N–H and O–H groups in total. The van der Waals surface area contributed by atoms with E-state index in [1.54, 1.807) is 7.11 Å². The Balaban J connectivity index is 1.54. The molecule has 150 valence electrons. The Morgan fingerprint density at radius 1 is 1.03 bits per heavy atom. The van der Waals surface area contributed by atoms with Crippen LogP contribution in [-0.4, -0.2) is 33.9 Å². The van der Waals surface area contributed by atoms with Crippen molar-refractivity contribution in [2.24, 2.45) is 0 Å². The first-order chi connectivity index (χ1) is 14.3. The summed E-state index contributed by atoms with van der Waals surface area (Å²) in [6.45, 7) is 2.07. The molecule has 2 atom stereocenters. The molecule has 1 unspecified atom stereocenters. The lowest BCUT2D eigenvalue weighted by Crippen LogP contribution is -3.12. The van der Waals surface area contributed by atoms with E-state index in [2.05, 4.69) is 56.6 Å². The van der Waals surface area contributed by atoms with E-state index in [4.69, 9.17) is 4.74 Å². The van der Waals surface area contributed by atoms with Gasteiger partial charge in [0.25, 0.3) is 0 Å². The zero-order valence-electron chi connectivity index (χ0n) is 16.9. The van der Waals surface area contributed by atoms with Crippen LogP contribution in [-0.2, 0) is 13.0 Å². The molecule has 1 aromatic heterocycles. The molecule has 2 heterocycles. The lowest BCUT2D eigenvalue weighted by atomic mass is 9.96. The third-order valence-electron chi connectivity index (χ3n) is 6.56. The summed E-state index contributed by atoms with van der Waals surface area (Å²) in [7, 11) is 1.71. The summed E-state index contributed by atoms with van der Waals surface area (Å²) < 4.78 is 7.50. The molecule has 1 aliphatic carbocycles. The highest BCUT2D eigenvalue weighted by molar-refractivity contribution is 5.32. The Hall–Kier alpha value is -2.73. The standard InChI is InChI=1S/C23H27N5O/c1-29-21-12-10-18(11-13-21)22(23-24-25-26-28(23)20-8-4-5-9-20)27-15-14-17-6-2-3-7-19(17)16-27/h2-3,6-7,10-13,20,22H,4-5,8-9,14-16H2,1H3/p+1/t22-/m0/s1. The van der Waals surface area contributed by atoms with Crippen LogP contribution in [0, 0.1) is 0 Å². The molecule has 6 heteroatoms. The van der Waals surface area contributed by atoms with E-state index < -0.39 is 0 Å². The van der Waals surface area contributed by atoms with Gasteiger partial charge in [-0.2, -0.15) is 0 Å². The molecular weight excluding hydrogens is 362 g/mol. The van der Waals surface area contributed by atoms with Crippen molar-refractivity contribution in [1.29, 1.82) is 0 Å². The van der Waals surface area contributed by atoms with Crippen molar-refractivity contribution in [3.05, 3.63) is 71.0 Å². The lowest BCUT2D eigenvalue weighted by molar-refractivity contribution is -0.941. The van der Waals surface area contributed by atoms with Crippen molar-refractivity contribution in [1.82, 2.24) is 20.2 Å². The fourth-order valence-corrected chi connectivity index (χ4v) is 5.01. The van der Waals surface area contributed by atoms with E-state index in [1.165, 1.54) is 47.3 Å².